The number of carbonyl (C=O) groups is 2. The van der Waals surface area contributed by atoms with Crippen LogP contribution in [0.25, 0.3) is 22.3 Å². The van der Waals surface area contributed by atoms with E-state index in [9.17, 15) is 14.4 Å². The third-order valence-electron chi connectivity index (χ3n) is 6.00. The van der Waals surface area contributed by atoms with E-state index in [1.54, 1.807) is 47.1 Å². The van der Waals surface area contributed by atoms with Crippen molar-refractivity contribution in [3.63, 3.8) is 0 Å². The van der Waals surface area contributed by atoms with Crippen LogP contribution in [-0.2, 0) is 0 Å². The van der Waals surface area contributed by atoms with Crippen LogP contribution < -0.4 is 5.43 Å². The number of nitrogens with zero attached hydrogens (tertiary/aromatic N) is 2. The number of furan rings is 1. The van der Waals surface area contributed by atoms with Crippen LogP contribution >= 0.6 is 0 Å². The average Bonchev–Trinajstić information content (AvgIpc) is 3.41. The molecule has 33 heavy (non-hydrogen) atoms. The second-order valence-electron chi connectivity index (χ2n) is 8.00. The molecular formula is C26H22N2O5. The summed E-state index contributed by atoms with van der Waals surface area (Å²) in [5, 5.41) is 0.379. The minimum absolute atomic E-state index is 0.154. The van der Waals surface area contributed by atoms with Crippen LogP contribution in [0.3, 0.4) is 0 Å². The van der Waals surface area contributed by atoms with Crippen molar-refractivity contribution in [2.75, 3.05) is 26.2 Å². The van der Waals surface area contributed by atoms with E-state index in [4.69, 9.17) is 8.83 Å². The molecule has 7 nitrogen and oxygen atoms in total. The summed E-state index contributed by atoms with van der Waals surface area (Å²) in [6.45, 7) is 3.28. The molecule has 7 heteroatoms. The van der Waals surface area contributed by atoms with E-state index in [1.165, 1.54) is 6.26 Å². The Morgan fingerprint density at radius 3 is 2.18 bits per heavy atom. The lowest BCUT2D eigenvalue weighted by Gasteiger charge is -2.34. The molecule has 0 saturated carbocycles. The molecule has 2 aromatic heterocycles. The number of hydrogen-bond acceptors (Lipinski definition) is 5. The second-order valence-corrected chi connectivity index (χ2v) is 8.00. The number of carbonyl (C=O) groups excluding carboxylic acids is 2. The third-order valence-corrected chi connectivity index (χ3v) is 6.00. The Morgan fingerprint density at radius 1 is 0.818 bits per heavy atom. The molecule has 1 aliphatic heterocycles. The molecule has 2 aromatic carbocycles. The average molecular weight is 442 g/mol. The molecule has 2 amide bonds. The van der Waals surface area contributed by atoms with Gasteiger partial charge < -0.3 is 18.6 Å². The van der Waals surface area contributed by atoms with Gasteiger partial charge in [-0.1, -0.05) is 36.4 Å². The molecule has 0 bridgehead atoms. The van der Waals surface area contributed by atoms with Gasteiger partial charge in [-0.05, 0) is 31.2 Å². The van der Waals surface area contributed by atoms with Gasteiger partial charge in [0.25, 0.3) is 11.8 Å². The highest BCUT2D eigenvalue weighted by atomic mass is 16.3. The summed E-state index contributed by atoms with van der Waals surface area (Å²) in [4.78, 5) is 42.3. The molecule has 0 spiro atoms. The van der Waals surface area contributed by atoms with Gasteiger partial charge in [0.05, 0.1) is 17.2 Å². The first-order chi connectivity index (χ1) is 16.0. The lowest BCUT2D eigenvalue weighted by molar-refractivity contribution is 0.0518. The van der Waals surface area contributed by atoms with E-state index in [2.05, 4.69) is 0 Å². The Balaban J connectivity index is 1.45. The Hall–Kier alpha value is -4.13. The van der Waals surface area contributed by atoms with E-state index in [0.717, 1.165) is 5.56 Å². The van der Waals surface area contributed by atoms with Gasteiger partial charge in [0.2, 0.25) is 0 Å². The van der Waals surface area contributed by atoms with Gasteiger partial charge in [0.1, 0.15) is 5.76 Å². The van der Waals surface area contributed by atoms with Crippen molar-refractivity contribution in [2.24, 2.45) is 0 Å². The van der Waals surface area contributed by atoms with Crippen molar-refractivity contribution in [2.45, 2.75) is 6.92 Å². The van der Waals surface area contributed by atoms with Crippen molar-refractivity contribution in [3.05, 3.63) is 94.0 Å². The molecule has 166 valence electrons. The van der Waals surface area contributed by atoms with E-state index < -0.39 is 0 Å². The van der Waals surface area contributed by atoms with Crippen molar-refractivity contribution >= 4 is 22.8 Å². The fourth-order valence-corrected chi connectivity index (χ4v) is 4.18. The minimum Gasteiger partial charge on any atom is -0.459 e. The molecule has 0 N–H and O–H groups in total. The lowest BCUT2D eigenvalue weighted by atomic mass is 10.0. The summed E-state index contributed by atoms with van der Waals surface area (Å²) in [5.74, 6) is 0.333. The van der Waals surface area contributed by atoms with Gasteiger partial charge in [0, 0.05) is 37.3 Å². The number of fused-ring (bicyclic) bond motifs is 1. The Kier molecular flexibility index (Phi) is 5.30. The highest BCUT2D eigenvalue weighted by Gasteiger charge is 2.28. The maximum Gasteiger partial charge on any atom is 0.289 e. The quantitative estimate of drug-likeness (QED) is 0.480. The van der Waals surface area contributed by atoms with Gasteiger partial charge in [-0.2, -0.15) is 0 Å². The fraction of sp³-hybridized carbons (Fsp3) is 0.192. The number of rotatable bonds is 3. The first kappa shape index (κ1) is 20.8. The van der Waals surface area contributed by atoms with Crippen LogP contribution in [0, 0.1) is 6.92 Å². The molecule has 0 atom stereocenters. The smallest absolute Gasteiger partial charge is 0.289 e. The van der Waals surface area contributed by atoms with Crippen LogP contribution in [0.1, 0.15) is 26.5 Å². The predicted octanol–water partition coefficient (Wildman–Crippen LogP) is 3.96. The third kappa shape index (κ3) is 3.71. The zero-order valence-electron chi connectivity index (χ0n) is 18.1. The summed E-state index contributed by atoms with van der Waals surface area (Å²) >= 11 is 0. The second kappa shape index (κ2) is 8.43. The van der Waals surface area contributed by atoms with Crippen molar-refractivity contribution in [1.82, 2.24) is 9.80 Å². The molecule has 5 rings (SSSR count). The van der Waals surface area contributed by atoms with Gasteiger partial charge in [-0.15, -0.1) is 0 Å². The molecule has 0 unspecified atom stereocenters. The van der Waals surface area contributed by atoms with Gasteiger partial charge in [-0.3, -0.25) is 14.4 Å². The number of hydrogen-bond donors (Lipinski definition) is 0. The molecule has 0 radical (unpaired) electrons. The Labute approximate surface area is 189 Å². The van der Waals surface area contributed by atoms with Gasteiger partial charge >= 0.3 is 0 Å². The first-order valence-corrected chi connectivity index (χ1v) is 10.8. The summed E-state index contributed by atoms with van der Waals surface area (Å²) in [5.41, 5.74) is 1.75. The van der Waals surface area contributed by atoms with Crippen LogP contribution in [0.4, 0.5) is 0 Å². The van der Waals surface area contributed by atoms with Crippen molar-refractivity contribution in [1.29, 1.82) is 0 Å². The number of benzene rings is 2. The molecule has 3 heterocycles. The topological polar surface area (TPSA) is 84.0 Å². The zero-order chi connectivity index (χ0) is 22.9. The van der Waals surface area contributed by atoms with E-state index in [-0.39, 0.29) is 28.6 Å². The van der Waals surface area contributed by atoms with E-state index >= 15 is 0 Å². The van der Waals surface area contributed by atoms with E-state index in [1.807, 2.05) is 30.3 Å². The molecule has 1 fully saturated rings. The van der Waals surface area contributed by atoms with Gasteiger partial charge in [-0.25, -0.2) is 0 Å². The van der Waals surface area contributed by atoms with Crippen LogP contribution in [0.2, 0.25) is 0 Å². The largest absolute Gasteiger partial charge is 0.459 e. The van der Waals surface area contributed by atoms with E-state index in [0.29, 0.717) is 48.5 Å². The highest BCUT2D eigenvalue weighted by molar-refractivity contribution is 6.05. The molecular weight excluding hydrogens is 420 g/mol. The standard InChI is InChI=1S/C26H22N2O5/c1-17-22(29)19-9-5-10-20(24(19)33-23(17)18-7-3-2-4-8-18)25(30)27-12-14-28(15-13-27)26(31)21-11-6-16-32-21/h2-11,16H,12-15H2,1H3. The summed E-state index contributed by atoms with van der Waals surface area (Å²) in [6, 6.07) is 17.7. The van der Waals surface area contributed by atoms with Crippen LogP contribution in [-0.4, -0.2) is 47.8 Å². The molecule has 4 aromatic rings. The predicted molar refractivity (Wildman–Crippen MR) is 123 cm³/mol. The van der Waals surface area contributed by atoms with Crippen LogP contribution in [0.5, 0.6) is 0 Å². The van der Waals surface area contributed by atoms with Crippen molar-refractivity contribution in [3.8, 4) is 11.3 Å². The number of para-hydroxylation sites is 1. The normalized spacial score (nSPS) is 14.0. The fourth-order valence-electron chi connectivity index (χ4n) is 4.18. The lowest BCUT2D eigenvalue weighted by Crippen LogP contribution is -2.50. The maximum atomic E-state index is 13.4. The number of amides is 2. The van der Waals surface area contributed by atoms with Gasteiger partial charge in [0.15, 0.2) is 16.8 Å². The summed E-state index contributed by atoms with van der Waals surface area (Å²) < 4.78 is 11.4. The monoisotopic (exact) mass is 442 g/mol. The first-order valence-electron chi connectivity index (χ1n) is 10.8. The zero-order valence-corrected chi connectivity index (χ0v) is 18.1. The Morgan fingerprint density at radius 2 is 1.52 bits per heavy atom. The highest BCUT2D eigenvalue weighted by Crippen LogP contribution is 2.28. The van der Waals surface area contributed by atoms with Crippen LogP contribution in [0.15, 0.2) is 80.6 Å². The maximum absolute atomic E-state index is 13.4. The minimum atomic E-state index is -0.225. The number of piperazine rings is 1. The summed E-state index contributed by atoms with van der Waals surface area (Å²) in [7, 11) is 0. The summed E-state index contributed by atoms with van der Waals surface area (Å²) in [6.07, 6.45) is 1.46. The Bertz CT molecular complexity index is 1380. The van der Waals surface area contributed by atoms with Crippen molar-refractivity contribution < 1.29 is 18.4 Å². The molecule has 1 saturated heterocycles. The molecule has 0 aliphatic carbocycles. The molecule has 1 aliphatic rings. The SMILES string of the molecule is Cc1c(-c2ccccc2)oc2c(C(=O)N3CCN(C(=O)c4ccco4)CC3)cccc2c1=O.